The number of fused-ring (bicyclic) bond motifs is 3. The van der Waals surface area contributed by atoms with Crippen molar-refractivity contribution in [2.24, 2.45) is 5.92 Å². The number of ether oxygens (including phenoxy) is 2. The summed E-state index contributed by atoms with van der Waals surface area (Å²) in [5, 5.41) is 28.0. The number of halogens is 2. The summed E-state index contributed by atoms with van der Waals surface area (Å²) >= 11 is 14.0. The van der Waals surface area contributed by atoms with Crippen molar-refractivity contribution >= 4 is 46.0 Å². The number of amides is 1. The summed E-state index contributed by atoms with van der Waals surface area (Å²) in [7, 11) is 1.57. The highest BCUT2D eigenvalue weighted by molar-refractivity contribution is 6.36. The standard InChI is InChI=1S/C44H41Cl2N5O6/c1-55-42-25(20-48-21-26-8-13-39(52)49-26)17-35(45)43(50-42)57-37-12-10-28-27(4-2-5-30(28)37)31-6-3-7-32(40(31)46)38-18-24-16-33-29(34(19-47)41(24)56-38)9-11-36(33)51-15-14-23(22-51)44(53)54/h2-7,16-18,23,26,36-37,48H,8-15,20-22H2,1H3,(H,49,52)(H,53,54)/t23-,26-,36-,37+/m1/s1. The predicted molar refractivity (Wildman–Crippen MR) is 216 cm³/mol. The number of benzene rings is 3. The summed E-state index contributed by atoms with van der Waals surface area (Å²) in [6.07, 6.45) is 4.79. The number of likely N-dealkylation sites (tertiary alicyclic amines) is 1. The summed E-state index contributed by atoms with van der Waals surface area (Å²) in [4.78, 5) is 30.1. The van der Waals surface area contributed by atoms with Gasteiger partial charge in [-0.2, -0.15) is 10.2 Å². The third-order valence-corrected chi connectivity index (χ3v) is 12.8. The molecule has 1 amide bonds. The van der Waals surface area contributed by atoms with Gasteiger partial charge in [-0.25, -0.2) is 0 Å². The maximum atomic E-state index is 11.7. The Hall–Kier alpha value is -5.12. The van der Waals surface area contributed by atoms with E-state index in [4.69, 9.17) is 37.1 Å². The van der Waals surface area contributed by atoms with Gasteiger partial charge >= 0.3 is 5.97 Å². The van der Waals surface area contributed by atoms with Crippen LogP contribution in [0.3, 0.4) is 0 Å². The van der Waals surface area contributed by atoms with Crippen LogP contribution in [0.5, 0.6) is 11.8 Å². The van der Waals surface area contributed by atoms with E-state index >= 15 is 0 Å². The monoisotopic (exact) mass is 805 g/mol. The van der Waals surface area contributed by atoms with Crippen molar-refractivity contribution in [3.05, 3.63) is 98.0 Å². The van der Waals surface area contributed by atoms with Crippen LogP contribution in [0.25, 0.3) is 33.4 Å². The zero-order chi connectivity index (χ0) is 39.4. The molecule has 2 aliphatic heterocycles. The highest BCUT2D eigenvalue weighted by atomic mass is 35.5. The minimum atomic E-state index is -0.751. The fraction of sp³-hybridized carbons (Fsp3) is 0.364. The lowest BCUT2D eigenvalue weighted by atomic mass is 9.95. The number of methoxy groups -OCH3 is 1. The third-order valence-electron chi connectivity index (χ3n) is 12.1. The Labute approximate surface area is 339 Å². The van der Waals surface area contributed by atoms with Crippen LogP contribution in [0.2, 0.25) is 10.0 Å². The number of hydrogen-bond donors (Lipinski definition) is 3. The van der Waals surface area contributed by atoms with E-state index < -0.39 is 5.97 Å². The second-order valence-corrected chi connectivity index (χ2v) is 16.2. The van der Waals surface area contributed by atoms with Gasteiger partial charge in [-0.3, -0.25) is 14.5 Å². The number of nitrogens with zero attached hydrogens (tertiary/aromatic N) is 3. The lowest BCUT2D eigenvalue weighted by Gasteiger charge is -2.24. The van der Waals surface area contributed by atoms with Crippen molar-refractivity contribution < 1.29 is 28.6 Å². The van der Waals surface area contributed by atoms with E-state index in [-0.39, 0.29) is 30.0 Å². The smallest absolute Gasteiger partial charge is 0.307 e. The zero-order valence-electron chi connectivity index (χ0n) is 31.4. The Bertz CT molecular complexity index is 2480. The first-order valence-corrected chi connectivity index (χ1v) is 20.2. The highest BCUT2D eigenvalue weighted by Crippen LogP contribution is 2.47. The summed E-state index contributed by atoms with van der Waals surface area (Å²) in [5.74, 6) is 0.264. The molecule has 3 N–H and O–H groups in total. The normalized spacial score (nSPS) is 21.4. The van der Waals surface area contributed by atoms with Crippen LogP contribution in [0.4, 0.5) is 0 Å². The molecule has 0 radical (unpaired) electrons. The van der Waals surface area contributed by atoms with Gasteiger partial charge in [-0.15, -0.1) is 0 Å². The van der Waals surface area contributed by atoms with Gasteiger partial charge in [0.25, 0.3) is 0 Å². The minimum Gasteiger partial charge on any atom is -0.481 e. The second kappa shape index (κ2) is 15.3. The van der Waals surface area contributed by atoms with Crippen LogP contribution >= 0.6 is 23.2 Å². The van der Waals surface area contributed by atoms with E-state index in [1.165, 1.54) is 0 Å². The van der Waals surface area contributed by atoms with E-state index in [2.05, 4.69) is 44.8 Å². The molecular formula is C44H41Cl2N5O6. The molecule has 2 saturated heterocycles. The Kier molecular flexibility index (Phi) is 10.1. The molecule has 3 aromatic carbocycles. The maximum absolute atomic E-state index is 11.7. The number of carbonyl (C=O) groups is 2. The maximum Gasteiger partial charge on any atom is 0.307 e. The molecule has 13 heteroatoms. The van der Waals surface area contributed by atoms with Gasteiger partial charge in [0.15, 0.2) is 5.58 Å². The first kappa shape index (κ1) is 37.5. The number of pyridine rings is 1. The summed E-state index contributed by atoms with van der Waals surface area (Å²) in [5.41, 5.74) is 8.72. The van der Waals surface area contributed by atoms with Crippen LogP contribution in [0, 0.1) is 17.2 Å². The number of aliphatic carboxylic acids is 1. The van der Waals surface area contributed by atoms with Crippen LogP contribution in [-0.4, -0.2) is 59.7 Å². The number of hydrogen-bond acceptors (Lipinski definition) is 9. The molecule has 0 bridgehead atoms. The largest absolute Gasteiger partial charge is 0.481 e. The van der Waals surface area contributed by atoms with Crippen LogP contribution in [-0.2, 0) is 29.0 Å². The molecule has 57 heavy (non-hydrogen) atoms. The van der Waals surface area contributed by atoms with Crippen molar-refractivity contribution in [2.45, 2.75) is 69.7 Å². The molecule has 4 atom stereocenters. The van der Waals surface area contributed by atoms with Gasteiger partial charge < -0.3 is 29.6 Å². The first-order chi connectivity index (χ1) is 27.7. The number of furan rings is 1. The molecule has 5 aromatic rings. The second-order valence-electron chi connectivity index (χ2n) is 15.4. The molecule has 2 fully saturated rings. The van der Waals surface area contributed by atoms with E-state index in [1.54, 1.807) is 7.11 Å². The van der Waals surface area contributed by atoms with Crippen molar-refractivity contribution in [1.82, 2.24) is 20.5 Å². The topological polar surface area (TPSA) is 150 Å². The molecular weight excluding hydrogens is 765 g/mol. The lowest BCUT2D eigenvalue weighted by Crippen LogP contribution is -2.35. The SMILES string of the molecule is COc1nc(O[C@H]2CCc3c(-c4cccc(-c5cc6cc7c(c(C#N)c6o5)CC[C@H]7N5CC[C@@H](C(=O)O)C5)c4Cl)cccc32)c(Cl)cc1CNC[C@H]1CCC(=O)N1. The number of nitriles is 1. The summed E-state index contributed by atoms with van der Waals surface area (Å²) in [6, 6.07) is 20.6. The average Bonchev–Trinajstić information content (AvgIpc) is 4.06. The molecule has 4 aliphatic rings. The van der Waals surface area contributed by atoms with Crippen LogP contribution in [0.1, 0.15) is 77.6 Å². The fourth-order valence-corrected chi connectivity index (χ4v) is 9.84. The molecule has 4 heterocycles. The van der Waals surface area contributed by atoms with Gasteiger partial charge in [0.1, 0.15) is 23.0 Å². The Morgan fingerprint density at radius 1 is 1.02 bits per heavy atom. The number of carboxylic acid groups (broad SMARTS) is 1. The number of carboxylic acids is 1. The van der Waals surface area contributed by atoms with E-state index in [0.717, 1.165) is 88.5 Å². The van der Waals surface area contributed by atoms with Gasteiger partial charge in [-0.1, -0.05) is 53.5 Å². The van der Waals surface area contributed by atoms with Gasteiger partial charge in [0.2, 0.25) is 17.7 Å². The molecule has 11 nitrogen and oxygen atoms in total. The number of rotatable bonds is 11. The summed E-state index contributed by atoms with van der Waals surface area (Å²) in [6.45, 7) is 2.36. The zero-order valence-corrected chi connectivity index (χ0v) is 32.9. The molecule has 2 aromatic heterocycles. The van der Waals surface area contributed by atoms with Crippen LogP contribution in [0.15, 0.2) is 59.0 Å². The number of nitrogens with one attached hydrogen (secondary N) is 2. The Morgan fingerprint density at radius 3 is 2.60 bits per heavy atom. The van der Waals surface area contributed by atoms with Crippen molar-refractivity contribution in [2.75, 3.05) is 26.7 Å². The number of aromatic nitrogens is 1. The van der Waals surface area contributed by atoms with Crippen LogP contribution < -0.4 is 20.1 Å². The quantitative estimate of drug-likeness (QED) is 0.119. The van der Waals surface area contributed by atoms with Gasteiger partial charge in [0, 0.05) is 60.2 Å². The lowest BCUT2D eigenvalue weighted by molar-refractivity contribution is -0.141. The van der Waals surface area contributed by atoms with Gasteiger partial charge in [-0.05, 0) is 97.2 Å². The minimum absolute atomic E-state index is 0.0772. The fourth-order valence-electron chi connectivity index (χ4n) is 9.30. The van der Waals surface area contributed by atoms with Gasteiger partial charge in [0.05, 0.1) is 23.6 Å². The molecule has 0 spiro atoms. The highest BCUT2D eigenvalue weighted by Gasteiger charge is 2.38. The Balaban J connectivity index is 0.967. The van der Waals surface area contributed by atoms with Crippen molar-refractivity contribution in [1.29, 1.82) is 5.26 Å². The Morgan fingerprint density at radius 2 is 1.82 bits per heavy atom. The molecule has 9 rings (SSSR count). The molecule has 2 aliphatic carbocycles. The molecule has 292 valence electrons. The van der Waals surface area contributed by atoms with E-state index in [9.17, 15) is 20.0 Å². The average molecular weight is 807 g/mol. The van der Waals surface area contributed by atoms with E-state index in [1.807, 2.05) is 36.4 Å². The summed E-state index contributed by atoms with van der Waals surface area (Å²) < 4.78 is 18.6. The predicted octanol–water partition coefficient (Wildman–Crippen LogP) is 8.18. The third kappa shape index (κ3) is 6.88. The first-order valence-electron chi connectivity index (χ1n) is 19.5. The van der Waals surface area contributed by atoms with Crippen molar-refractivity contribution in [3.8, 4) is 40.3 Å². The molecule has 0 unspecified atom stereocenters. The van der Waals surface area contributed by atoms with Crippen molar-refractivity contribution in [3.63, 3.8) is 0 Å². The number of carbonyl (C=O) groups excluding carboxylic acids is 1. The molecule has 0 saturated carbocycles. The van der Waals surface area contributed by atoms with E-state index in [0.29, 0.717) is 71.2 Å².